The van der Waals surface area contributed by atoms with E-state index in [1.54, 1.807) is 0 Å². The van der Waals surface area contributed by atoms with Gasteiger partial charge in [-0.3, -0.25) is 9.59 Å². The van der Waals surface area contributed by atoms with E-state index in [0.717, 1.165) is 12.8 Å². The molecule has 0 aromatic heterocycles. The first-order valence-electron chi connectivity index (χ1n) is 5.23. The molecule has 86 valence electrons. The number of carbonyl (C=O) groups excluding carboxylic acids is 2. The highest BCUT2D eigenvalue weighted by Crippen LogP contribution is 2.12. The molecule has 15 heavy (non-hydrogen) atoms. The standard InChI is InChI=1S/C10H18N2O3/c1-6(2)8(9(11)13)12-10(14)7-4-3-5-15-7/h6-8H,3-5H2,1-2H3,(H2,11,13)(H,12,14)/t7-,8+/m1/s1. The Balaban J connectivity index is 2.50. The first-order chi connectivity index (χ1) is 7.02. The van der Waals surface area contributed by atoms with Crippen LogP contribution in [0.25, 0.3) is 0 Å². The van der Waals surface area contributed by atoms with Crippen LogP contribution in [-0.2, 0) is 14.3 Å². The molecule has 0 saturated carbocycles. The normalized spacial score (nSPS) is 22.7. The average molecular weight is 214 g/mol. The van der Waals surface area contributed by atoms with E-state index in [2.05, 4.69) is 5.32 Å². The van der Waals surface area contributed by atoms with Gasteiger partial charge in [-0.25, -0.2) is 0 Å². The molecule has 1 aliphatic heterocycles. The van der Waals surface area contributed by atoms with E-state index < -0.39 is 18.1 Å². The summed E-state index contributed by atoms with van der Waals surface area (Å²) in [5.41, 5.74) is 5.19. The largest absolute Gasteiger partial charge is 0.368 e. The quantitative estimate of drug-likeness (QED) is 0.679. The summed E-state index contributed by atoms with van der Waals surface area (Å²) in [6.45, 7) is 4.29. The van der Waals surface area contributed by atoms with Gasteiger partial charge in [-0.15, -0.1) is 0 Å². The van der Waals surface area contributed by atoms with Gasteiger partial charge in [-0.05, 0) is 18.8 Å². The second-order valence-electron chi connectivity index (χ2n) is 4.13. The molecule has 0 radical (unpaired) electrons. The van der Waals surface area contributed by atoms with Crippen molar-refractivity contribution in [2.45, 2.75) is 38.8 Å². The van der Waals surface area contributed by atoms with Crippen LogP contribution in [0.4, 0.5) is 0 Å². The summed E-state index contributed by atoms with van der Waals surface area (Å²) < 4.78 is 5.21. The SMILES string of the molecule is CC(C)[C@H](NC(=O)[C@H]1CCCO1)C(N)=O. The van der Waals surface area contributed by atoms with Crippen molar-refractivity contribution < 1.29 is 14.3 Å². The summed E-state index contributed by atoms with van der Waals surface area (Å²) in [5.74, 6) is -0.741. The highest BCUT2D eigenvalue weighted by Gasteiger charge is 2.28. The number of hydrogen-bond donors (Lipinski definition) is 2. The molecule has 0 aromatic carbocycles. The Kier molecular flexibility index (Phi) is 4.08. The third kappa shape index (κ3) is 3.20. The Bertz CT molecular complexity index is 247. The van der Waals surface area contributed by atoms with Crippen LogP contribution in [0.15, 0.2) is 0 Å². The predicted octanol–water partition coefficient (Wildman–Crippen LogP) is -0.208. The molecule has 1 fully saturated rings. The molecule has 1 saturated heterocycles. The van der Waals surface area contributed by atoms with E-state index in [-0.39, 0.29) is 11.8 Å². The van der Waals surface area contributed by atoms with Crippen LogP contribution in [0, 0.1) is 5.92 Å². The third-order valence-electron chi connectivity index (χ3n) is 2.49. The van der Waals surface area contributed by atoms with E-state index in [0.29, 0.717) is 6.61 Å². The van der Waals surface area contributed by atoms with Gasteiger partial charge in [0, 0.05) is 6.61 Å². The molecule has 1 heterocycles. The van der Waals surface area contributed by atoms with Crippen molar-refractivity contribution in [3.05, 3.63) is 0 Å². The van der Waals surface area contributed by atoms with Crippen molar-refractivity contribution >= 4 is 11.8 Å². The fourth-order valence-electron chi connectivity index (χ4n) is 1.60. The van der Waals surface area contributed by atoms with E-state index >= 15 is 0 Å². The maximum absolute atomic E-state index is 11.6. The Morgan fingerprint density at radius 3 is 2.53 bits per heavy atom. The summed E-state index contributed by atoms with van der Waals surface area (Å²) in [7, 11) is 0. The van der Waals surface area contributed by atoms with Crippen molar-refractivity contribution in [3.8, 4) is 0 Å². The van der Waals surface area contributed by atoms with Crippen molar-refractivity contribution in [3.63, 3.8) is 0 Å². The molecule has 0 spiro atoms. The van der Waals surface area contributed by atoms with E-state index in [9.17, 15) is 9.59 Å². The first kappa shape index (κ1) is 12.0. The number of nitrogens with two attached hydrogens (primary N) is 1. The second-order valence-corrected chi connectivity index (χ2v) is 4.13. The van der Waals surface area contributed by atoms with Crippen molar-refractivity contribution in [2.24, 2.45) is 11.7 Å². The second kappa shape index (κ2) is 5.11. The average Bonchev–Trinajstić information content (AvgIpc) is 2.65. The number of carbonyl (C=O) groups is 2. The van der Waals surface area contributed by atoms with Crippen LogP contribution in [0.1, 0.15) is 26.7 Å². The molecule has 0 aromatic rings. The molecule has 3 N–H and O–H groups in total. The van der Waals surface area contributed by atoms with Gasteiger partial charge in [0.05, 0.1) is 0 Å². The molecule has 5 heteroatoms. The van der Waals surface area contributed by atoms with Gasteiger partial charge < -0.3 is 15.8 Å². The van der Waals surface area contributed by atoms with Crippen LogP contribution < -0.4 is 11.1 Å². The molecular weight excluding hydrogens is 196 g/mol. The Morgan fingerprint density at radius 2 is 2.13 bits per heavy atom. The minimum Gasteiger partial charge on any atom is -0.368 e. The summed E-state index contributed by atoms with van der Waals surface area (Å²) in [6, 6.07) is -0.610. The summed E-state index contributed by atoms with van der Waals surface area (Å²) in [5, 5.41) is 2.62. The lowest BCUT2D eigenvalue weighted by Crippen LogP contribution is -2.50. The molecule has 0 bridgehead atoms. The zero-order valence-corrected chi connectivity index (χ0v) is 9.16. The maximum Gasteiger partial charge on any atom is 0.249 e. The van der Waals surface area contributed by atoms with Crippen LogP contribution in [0.5, 0.6) is 0 Å². The molecule has 2 amide bonds. The van der Waals surface area contributed by atoms with Crippen molar-refractivity contribution in [1.29, 1.82) is 0 Å². The zero-order chi connectivity index (χ0) is 11.4. The van der Waals surface area contributed by atoms with Gasteiger partial charge in [0.15, 0.2) is 0 Å². The van der Waals surface area contributed by atoms with Gasteiger partial charge in [-0.1, -0.05) is 13.8 Å². The monoisotopic (exact) mass is 214 g/mol. The van der Waals surface area contributed by atoms with Gasteiger partial charge in [0.1, 0.15) is 12.1 Å². The minimum atomic E-state index is -0.610. The summed E-state index contributed by atoms with van der Waals surface area (Å²) in [4.78, 5) is 22.7. The molecule has 1 aliphatic rings. The fraction of sp³-hybridized carbons (Fsp3) is 0.800. The van der Waals surface area contributed by atoms with Gasteiger partial charge >= 0.3 is 0 Å². The fourth-order valence-corrected chi connectivity index (χ4v) is 1.60. The van der Waals surface area contributed by atoms with E-state index in [4.69, 9.17) is 10.5 Å². The Labute approximate surface area is 89.3 Å². The zero-order valence-electron chi connectivity index (χ0n) is 9.16. The topological polar surface area (TPSA) is 81.4 Å². The van der Waals surface area contributed by atoms with Crippen LogP contribution in [0.3, 0.4) is 0 Å². The number of amides is 2. The lowest BCUT2D eigenvalue weighted by atomic mass is 10.0. The number of primary amides is 1. The molecular formula is C10H18N2O3. The molecule has 0 aliphatic carbocycles. The number of hydrogen-bond acceptors (Lipinski definition) is 3. The molecule has 5 nitrogen and oxygen atoms in total. The predicted molar refractivity (Wildman–Crippen MR) is 54.9 cm³/mol. The smallest absolute Gasteiger partial charge is 0.249 e. The Hall–Kier alpha value is -1.10. The highest BCUT2D eigenvalue weighted by atomic mass is 16.5. The van der Waals surface area contributed by atoms with E-state index in [1.807, 2.05) is 13.8 Å². The van der Waals surface area contributed by atoms with Crippen LogP contribution >= 0.6 is 0 Å². The third-order valence-corrected chi connectivity index (χ3v) is 2.49. The lowest BCUT2D eigenvalue weighted by molar-refractivity contribution is -0.134. The van der Waals surface area contributed by atoms with Gasteiger partial charge in [-0.2, -0.15) is 0 Å². The van der Waals surface area contributed by atoms with Crippen LogP contribution in [-0.4, -0.2) is 30.6 Å². The molecule has 2 atom stereocenters. The molecule has 1 rings (SSSR count). The van der Waals surface area contributed by atoms with Crippen molar-refractivity contribution in [2.75, 3.05) is 6.61 Å². The number of rotatable bonds is 4. The van der Waals surface area contributed by atoms with Gasteiger partial charge in [0.25, 0.3) is 0 Å². The van der Waals surface area contributed by atoms with Crippen molar-refractivity contribution in [1.82, 2.24) is 5.32 Å². The Morgan fingerprint density at radius 1 is 1.47 bits per heavy atom. The van der Waals surface area contributed by atoms with E-state index in [1.165, 1.54) is 0 Å². The molecule has 0 unspecified atom stereocenters. The maximum atomic E-state index is 11.6. The number of nitrogens with one attached hydrogen (secondary N) is 1. The summed E-state index contributed by atoms with van der Waals surface area (Å²) in [6.07, 6.45) is 1.20. The first-order valence-corrected chi connectivity index (χ1v) is 5.23. The van der Waals surface area contributed by atoms with Gasteiger partial charge in [0.2, 0.25) is 11.8 Å². The lowest BCUT2D eigenvalue weighted by Gasteiger charge is -2.20. The minimum absolute atomic E-state index is 0.00662. The van der Waals surface area contributed by atoms with Crippen LogP contribution in [0.2, 0.25) is 0 Å². The summed E-state index contributed by atoms with van der Waals surface area (Å²) >= 11 is 0. The highest BCUT2D eigenvalue weighted by molar-refractivity contribution is 5.88. The number of ether oxygens (including phenoxy) is 1.